The molecule has 0 bridgehead atoms. The second kappa shape index (κ2) is 11.8. The number of carbonyl (C=O) groups excluding carboxylic acids is 4. The Hall–Kier alpha value is -3.96. The Bertz CT molecular complexity index is 1010. The topological polar surface area (TPSA) is 98.8 Å². The Morgan fingerprint density at radius 1 is 0.676 bits per heavy atom. The fourth-order valence-corrected chi connectivity index (χ4v) is 2.67. The van der Waals surface area contributed by atoms with Crippen molar-refractivity contribution < 1.29 is 36.7 Å². The van der Waals surface area contributed by atoms with E-state index in [9.17, 15) is 36.7 Å². The van der Waals surface area contributed by atoms with Crippen LogP contribution < -0.4 is 10.6 Å². The normalized spacial score (nSPS) is 10.4. The second-order valence-corrected chi connectivity index (χ2v) is 7.24. The van der Waals surface area contributed by atoms with E-state index < -0.39 is 71.1 Å². The zero-order valence-corrected chi connectivity index (χ0v) is 18.3. The van der Waals surface area contributed by atoms with Crippen LogP contribution in [0.5, 0.6) is 0 Å². The SMILES string of the molecule is CN(CCN(C)C(=O)CNC(=O)c1ccc(F)cc1F)C(=O)CNC(=O)c1ccc(F)cc1F. The van der Waals surface area contributed by atoms with Crippen LogP contribution in [0.25, 0.3) is 0 Å². The summed E-state index contributed by atoms with van der Waals surface area (Å²) in [6, 6.07) is 4.84. The fourth-order valence-electron chi connectivity index (χ4n) is 2.67. The molecule has 0 atom stereocenters. The number of likely N-dealkylation sites (N-methyl/N-ethyl adjacent to an activating group) is 2. The summed E-state index contributed by atoms with van der Waals surface area (Å²) in [5.74, 6) is -6.65. The third-order valence-corrected chi connectivity index (χ3v) is 4.77. The van der Waals surface area contributed by atoms with Gasteiger partial charge in [-0.05, 0) is 24.3 Å². The van der Waals surface area contributed by atoms with E-state index in [1.807, 2.05) is 0 Å². The predicted molar refractivity (Wildman–Crippen MR) is 113 cm³/mol. The number of nitrogens with one attached hydrogen (secondary N) is 2. The summed E-state index contributed by atoms with van der Waals surface area (Å²) < 4.78 is 53.1. The summed E-state index contributed by atoms with van der Waals surface area (Å²) in [6.07, 6.45) is 0. The van der Waals surface area contributed by atoms with Gasteiger partial charge in [0, 0.05) is 39.3 Å². The van der Waals surface area contributed by atoms with E-state index in [0.717, 1.165) is 24.3 Å². The minimum absolute atomic E-state index is 0.0718. The molecule has 34 heavy (non-hydrogen) atoms. The summed E-state index contributed by atoms with van der Waals surface area (Å²) in [5, 5.41) is 4.46. The molecule has 0 aliphatic carbocycles. The summed E-state index contributed by atoms with van der Waals surface area (Å²) in [5.41, 5.74) is -0.825. The number of hydrogen-bond donors (Lipinski definition) is 2. The molecule has 0 heterocycles. The lowest BCUT2D eigenvalue weighted by Crippen LogP contribution is -2.44. The molecule has 4 amide bonds. The molecule has 0 aliphatic heterocycles. The highest BCUT2D eigenvalue weighted by molar-refractivity contribution is 5.97. The van der Waals surface area contributed by atoms with Crippen molar-refractivity contribution in [2.75, 3.05) is 40.3 Å². The quantitative estimate of drug-likeness (QED) is 0.527. The van der Waals surface area contributed by atoms with Gasteiger partial charge >= 0.3 is 0 Å². The first-order valence-electron chi connectivity index (χ1n) is 9.94. The predicted octanol–water partition coefficient (Wildman–Crippen LogP) is 1.32. The largest absolute Gasteiger partial charge is 0.343 e. The van der Waals surface area contributed by atoms with E-state index in [1.165, 1.54) is 23.9 Å². The lowest BCUT2D eigenvalue weighted by Gasteiger charge is -2.22. The van der Waals surface area contributed by atoms with Gasteiger partial charge in [0.15, 0.2) is 0 Å². The highest BCUT2D eigenvalue weighted by atomic mass is 19.1. The van der Waals surface area contributed by atoms with Crippen molar-refractivity contribution >= 4 is 23.6 Å². The lowest BCUT2D eigenvalue weighted by molar-refractivity contribution is -0.132. The molecule has 0 fully saturated rings. The number of rotatable bonds is 9. The Balaban J connectivity index is 1.75. The van der Waals surface area contributed by atoms with Crippen LogP contribution in [0.15, 0.2) is 36.4 Å². The second-order valence-electron chi connectivity index (χ2n) is 7.24. The van der Waals surface area contributed by atoms with Gasteiger partial charge in [-0.15, -0.1) is 0 Å². The van der Waals surface area contributed by atoms with Crippen molar-refractivity contribution in [2.24, 2.45) is 0 Å². The van der Waals surface area contributed by atoms with E-state index in [1.54, 1.807) is 0 Å². The minimum Gasteiger partial charge on any atom is -0.343 e. The molecule has 0 spiro atoms. The van der Waals surface area contributed by atoms with Crippen LogP contribution in [0.4, 0.5) is 17.6 Å². The minimum atomic E-state index is -1.06. The molecule has 0 radical (unpaired) electrons. The Labute approximate surface area is 192 Å². The highest BCUT2D eigenvalue weighted by Crippen LogP contribution is 2.10. The number of carbonyl (C=O) groups is 4. The van der Waals surface area contributed by atoms with Crippen LogP contribution in [0.1, 0.15) is 20.7 Å². The van der Waals surface area contributed by atoms with Crippen molar-refractivity contribution in [3.63, 3.8) is 0 Å². The van der Waals surface area contributed by atoms with Crippen LogP contribution in [-0.4, -0.2) is 73.7 Å². The van der Waals surface area contributed by atoms with Crippen LogP contribution in [0.3, 0.4) is 0 Å². The standard InChI is InChI=1S/C22H22F4N4O4/c1-29(19(31)11-27-21(33)15-5-3-13(23)9-17(15)25)7-8-30(2)20(32)12-28-22(34)16-6-4-14(24)10-18(16)26/h3-6,9-10H,7-8,11-12H2,1-2H3,(H,27,33)(H,28,34). The maximum atomic E-state index is 13.6. The summed E-state index contributed by atoms with van der Waals surface area (Å²) in [7, 11) is 2.84. The van der Waals surface area contributed by atoms with Crippen molar-refractivity contribution in [2.45, 2.75) is 0 Å². The van der Waals surface area contributed by atoms with Crippen molar-refractivity contribution in [1.82, 2.24) is 20.4 Å². The van der Waals surface area contributed by atoms with Gasteiger partial charge in [-0.2, -0.15) is 0 Å². The first-order chi connectivity index (χ1) is 16.0. The number of hydrogen-bond acceptors (Lipinski definition) is 4. The lowest BCUT2D eigenvalue weighted by atomic mass is 10.2. The summed E-state index contributed by atoms with van der Waals surface area (Å²) in [6.45, 7) is -0.767. The van der Waals surface area contributed by atoms with Gasteiger partial charge < -0.3 is 20.4 Å². The van der Waals surface area contributed by atoms with Gasteiger partial charge in [-0.3, -0.25) is 19.2 Å². The van der Waals surface area contributed by atoms with E-state index in [4.69, 9.17) is 0 Å². The molecule has 0 aliphatic rings. The third-order valence-electron chi connectivity index (χ3n) is 4.77. The van der Waals surface area contributed by atoms with Crippen molar-refractivity contribution in [3.05, 3.63) is 70.8 Å². The average Bonchev–Trinajstić information content (AvgIpc) is 2.78. The zero-order valence-electron chi connectivity index (χ0n) is 18.3. The Kier molecular flexibility index (Phi) is 9.10. The highest BCUT2D eigenvalue weighted by Gasteiger charge is 2.18. The van der Waals surface area contributed by atoms with Crippen molar-refractivity contribution in [3.8, 4) is 0 Å². The molecule has 0 aromatic heterocycles. The fraction of sp³-hybridized carbons (Fsp3) is 0.273. The Morgan fingerprint density at radius 3 is 1.35 bits per heavy atom. The number of nitrogens with zero attached hydrogens (tertiary/aromatic N) is 2. The molecule has 0 saturated carbocycles. The molecule has 182 valence electrons. The molecule has 0 saturated heterocycles. The molecular weight excluding hydrogens is 460 g/mol. The van der Waals surface area contributed by atoms with Crippen molar-refractivity contribution in [1.29, 1.82) is 0 Å². The van der Waals surface area contributed by atoms with Gasteiger partial charge in [0.1, 0.15) is 23.3 Å². The molecule has 0 unspecified atom stereocenters. The maximum Gasteiger partial charge on any atom is 0.254 e. The maximum absolute atomic E-state index is 13.6. The van der Waals surface area contributed by atoms with E-state index in [0.29, 0.717) is 12.1 Å². The zero-order chi connectivity index (χ0) is 25.4. The monoisotopic (exact) mass is 482 g/mol. The first kappa shape index (κ1) is 26.3. The number of benzene rings is 2. The van der Waals surface area contributed by atoms with Crippen LogP contribution in [0.2, 0.25) is 0 Å². The van der Waals surface area contributed by atoms with Gasteiger partial charge in [-0.1, -0.05) is 0 Å². The molecule has 2 N–H and O–H groups in total. The first-order valence-corrected chi connectivity index (χ1v) is 9.94. The average molecular weight is 482 g/mol. The Morgan fingerprint density at radius 2 is 1.03 bits per heavy atom. The number of amides is 4. The van der Waals surface area contributed by atoms with Crippen LogP contribution in [-0.2, 0) is 9.59 Å². The number of halogens is 4. The molecule has 12 heteroatoms. The van der Waals surface area contributed by atoms with E-state index >= 15 is 0 Å². The molecule has 8 nitrogen and oxygen atoms in total. The van der Waals surface area contributed by atoms with Gasteiger partial charge in [-0.25, -0.2) is 17.6 Å². The molecule has 2 aromatic rings. The molecule has 2 rings (SSSR count). The summed E-state index contributed by atoms with van der Waals surface area (Å²) >= 11 is 0. The van der Waals surface area contributed by atoms with E-state index in [2.05, 4.69) is 10.6 Å². The van der Waals surface area contributed by atoms with Crippen LogP contribution >= 0.6 is 0 Å². The van der Waals surface area contributed by atoms with Crippen LogP contribution in [0, 0.1) is 23.3 Å². The molecular formula is C22H22F4N4O4. The summed E-state index contributed by atoms with van der Waals surface area (Å²) in [4.78, 5) is 50.7. The van der Waals surface area contributed by atoms with Gasteiger partial charge in [0.25, 0.3) is 11.8 Å². The van der Waals surface area contributed by atoms with Gasteiger partial charge in [0.05, 0.1) is 24.2 Å². The molecule has 2 aromatic carbocycles. The van der Waals surface area contributed by atoms with E-state index in [-0.39, 0.29) is 13.1 Å². The van der Waals surface area contributed by atoms with Gasteiger partial charge in [0.2, 0.25) is 11.8 Å². The smallest absolute Gasteiger partial charge is 0.254 e. The third kappa shape index (κ3) is 7.29.